The Labute approximate surface area is 164 Å². The molecule has 0 saturated carbocycles. The molecular formula is C17H24FIN6. The molecule has 2 N–H and O–H groups in total. The Morgan fingerprint density at radius 2 is 2.08 bits per heavy atom. The molecule has 8 heteroatoms. The van der Waals surface area contributed by atoms with Crippen LogP contribution in [0, 0.1) is 5.82 Å². The Kier molecular flexibility index (Phi) is 7.60. The highest BCUT2D eigenvalue weighted by Gasteiger charge is 2.15. The topological polar surface area (TPSA) is 67.1 Å². The Morgan fingerprint density at radius 3 is 2.88 bits per heavy atom. The van der Waals surface area contributed by atoms with Gasteiger partial charge in [-0.1, -0.05) is 18.2 Å². The number of aliphatic imine (C=N–C) groups is 1. The molecule has 6 nitrogen and oxygen atoms in total. The molecular weight excluding hydrogens is 434 g/mol. The van der Waals surface area contributed by atoms with Gasteiger partial charge >= 0.3 is 0 Å². The van der Waals surface area contributed by atoms with Crippen LogP contribution < -0.4 is 10.6 Å². The SMILES string of the molecule is CCNC(=NCc1ccccc1F)NCc1nnc2n1CCCC2.I. The van der Waals surface area contributed by atoms with Crippen LogP contribution in [-0.4, -0.2) is 27.3 Å². The Hall–Kier alpha value is -1.71. The first-order chi connectivity index (χ1) is 11.8. The highest BCUT2D eigenvalue weighted by molar-refractivity contribution is 14.0. The van der Waals surface area contributed by atoms with Gasteiger partial charge in [0.05, 0.1) is 13.1 Å². The van der Waals surface area contributed by atoms with Crippen molar-refractivity contribution < 1.29 is 4.39 Å². The summed E-state index contributed by atoms with van der Waals surface area (Å²) >= 11 is 0. The van der Waals surface area contributed by atoms with Crippen molar-refractivity contribution in [2.24, 2.45) is 4.99 Å². The van der Waals surface area contributed by atoms with Gasteiger partial charge in [-0.05, 0) is 25.8 Å². The van der Waals surface area contributed by atoms with E-state index in [4.69, 9.17) is 0 Å². The van der Waals surface area contributed by atoms with E-state index in [1.165, 1.54) is 18.9 Å². The summed E-state index contributed by atoms with van der Waals surface area (Å²) in [6.07, 6.45) is 3.34. The van der Waals surface area contributed by atoms with Gasteiger partial charge in [0.15, 0.2) is 11.8 Å². The van der Waals surface area contributed by atoms with Crippen molar-refractivity contribution in [1.82, 2.24) is 25.4 Å². The van der Waals surface area contributed by atoms with E-state index < -0.39 is 0 Å². The molecule has 2 heterocycles. The first kappa shape index (κ1) is 19.6. The molecule has 0 amide bonds. The number of nitrogens with one attached hydrogen (secondary N) is 2. The van der Waals surface area contributed by atoms with Gasteiger partial charge in [0, 0.05) is 25.1 Å². The fourth-order valence-electron chi connectivity index (χ4n) is 2.79. The van der Waals surface area contributed by atoms with Gasteiger partial charge < -0.3 is 15.2 Å². The molecule has 1 aromatic carbocycles. The van der Waals surface area contributed by atoms with Crippen molar-refractivity contribution in [2.75, 3.05) is 6.54 Å². The number of aromatic nitrogens is 3. The van der Waals surface area contributed by atoms with E-state index in [9.17, 15) is 4.39 Å². The lowest BCUT2D eigenvalue weighted by Crippen LogP contribution is -2.37. The lowest BCUT2D eigenvalue weighted by Gasteiger charge is -2.16. The lowest BCUT2D eigenvalue weighted by molar-refractivity contribution is 0.504. The molecule has 1 aromatic heterocycles. The summed E-state index contributed by atoms with van der Waals surface area (Å²) in [6.45, 7) is 4.55. The fourth-order valence-corrected chi connectivity index (χ4v) is 2.79. The number of fused-ring (bicyclic) bond motifs is 1. The molecule has 0 spiro atoms. The number of nitrogens with zero attached hydrogens (tertiary/aromatic N) is 4. The molecule has 136 valence electrons. The van der Waals surface area contributed by atoms with Crippen molar-refractivity contribution in [3.05, 3.63) is 47.3 Å². The smallest absolute Gasteiger partial charge is 0.191 e. The lowest BCUT2D eigenvalue weighted by atomic mass is 10.2. The van der Waals surface area contributed by atoms with Crippen LogP contribution in [0.25, 0.3) is 0 Å². The largest absolute Gasteiger partial charge is 0.357 e. The van der Waals surface area contributed by atoms with Gasteiger partial charge in [-0.15, -0.1) is 34.2 Å². The van der Waals surface area contributed by atoms with E-state index >= 15 is 0 Å². The van der Waals surface area contributed by atoms with Gasteiger partial charge in [0.25, 0.3) is 0 Å². The molecule has 0 fully saturated rings. The minimum absolute atomic E-state index is 0. The summed E-state index contributed by atoms with van der Waals surface area (Å²) in [6, 6.07) is 6.70. The van der Waals surface area contributed by atoms with Crippen LogP contribution in [0.3, 0.4) is 0 Å². The minimum atomic E-state index is -0.233. The Morgan fingerprint density at radius 1 is 1.24 bits per heavy atom. The molecule has 0 atom stereocenters. The number of rotatable bonds is 5. The standard InChI is InChI=1S/C17H23FN6.HI/c1-2-19-17(20-11-13-7-3-4-8-14(13)18)21-12-16-23-22-15-9-5-6-10-24(15)16;/h3-4,7-8H,2,5-6,9-12H2,1H3,(H2,19,20,21);1H. The van der Waals surface area contributed by atoms with E-state index in [-0.39, 0.29) is 29.8 Å². The van der Waals surface area contributed by atoms with Gasteiger partial charge in [-0.2, -0.15) is 0 Å². The van der Waals surface area contributed by atoms with Crippen LogP contribution in [0.15, 0.2) is 29.3 Å². The predicted molar refractivity (Wildman–Crippen MR) is 106 cm³/mol. The molecule has 0 bridgehead atoms. The zero-order valence-electron chi connectivity index (χ0n) is 14.3. The number of aryl methyl sites for hydroxylation is 1. The van der Waals surface area contributed by atoms with E-state index in [1.54, 1.807) is 12.1 Å². The molecule has 3 rings (SSSR count). The van der Waals surface area contributed by atoms with Crippen LogP contribution >= 0.6 is 24.0 Å². The molecule has 1 aliphatic heterocycles. The zero-order chi connectivity index (χ0) is 16.8. The van der Waals surface area contributed by atoms with Crippen LogP contribution in [0.1, 0.15) is 37.0 Å². The van der Waals surface area contributed by atoms with Crippen molar-refractivity contribution in [3.8, 4) is 0 Å². The van der Waals surface area contributed by atoms with E-state index in [1.807, 2.05) is 13.0 Å². The number of halogens is 2. The van der Waals surface area contributed by atoms with Crippen molar-refractivity contribution >= 4 is 29.9 Å². The maximum absolute atomic E-state index is 13.7. The second-order valence-electron chi connectivity index (χ2n) is 5.78. The molecule has 1 aliphatic rings. The van der Waals surface area contributed by atoms with Crippen molar-refractivity contribution in [2.45, 2.75) is 45.8 Å². The van der Waals surface area contributed by atoms with Crippen LogP contribution in [-0.2, 0) is 26.1 Å². The van der Waals surface area contributed by atoms with Gasteiger partial charge in [-0.25, -0.2) is 9.38 Å². The average molecular weight is 458 g/mol. The average Bonchev–Trinajstić information content (AvgIpc) is 3.02. The molecule has 0 radical (unpaired) electrons. The van der Waals surface area contributed by atoms with Crippen molar-refractivity contribution in [3.63, 3.8) is 0 Å². The summed E-state index contributed by atoms with van der Waals surface area (Å²) in [5.41, 5.74) is 0.578. The number of hydrogen-bond donors (Lipinski definition) is 2. The first-order valence-corrected chi connectivity index (χ1v) is 8.44. The van der Waals surface area contributed by atoms with Gasteiger partial charge in [0.1, 0.15) is 11.6 Å². The first-order valence-electron chi connectivity index (χ1n) is 8.44. The second kappa shape index (κ2) is 9.69. The predicted octanol–water partition coefficient (Wildman–Crippen LogP) is 2.63. The minimum Gasteiger partial charge on any atom is -0.357 e. The van der Waals surface area contributed by atoms with E-state index in [0.717, 1.165) is 31.2 Å². The third-order valence-corrected chi connectivity index (χ3v) is 4.06. The summed E-state index contributed by atoms with van der Waals surface area (Å²) in [7, 11) is 0. The molecule has 0 saturated heterocycles. The molecule has 25 heavy (non-hydrogen) atoms. The number of benzene rings is 1. The summed E-state index contributed by atoms with van der Waals surface area (Å²) in [4.78, 5) is 4.45. The van der Waals surface area contributed by atoms with Crippen LogP contribution in [0.4, 0.5) is 4.39 Å². The van der Waals surface area contributed by atoms with Crippen LogP contribution in [0.2, 0.25) is 0 Å². The highest BCUT2D eigenvalue weighted by atomic mass is 127. The third kappa shape index (κ3) is 5.13. The van der Waals surface area contributed by atoms with Gasteiger partial charge in [-0.3, -0.25) is 0 Å². The third-order valence-electron chi connectivity index (χ3n) is 4.06. The maximum Gasteiger partial charge on any atom is 0.191 e. The van der Waals surface area contributed by atoms with Gasteiger partial charge in [0.2, 0.25) is 0 Å². The Balaban J connectivity index is 0.00000225. The molecule has 0 aliphatic carbocycles. The summed E-state index contributed by atoms with van der Waals surface area (Å²) < 4.78 is 15.9. The van der Waals surface area contributed by atoms with Crippen LogP contribution in [0.5, 0.6) is 0 Å². The molecule has 2 aromatic rings. The summed E-state index contributed by atoms with van der Waals surface area (Å²) in [5, 5.41) is 14.9. The zero-order valence-corrected chi connectivity index (χ0v) is 16.7. The number of guanidine groups is 1. The normalized spacial score (nSPS) is 13.8. The van der Waals surface area contributed by atoms with E-state index in [0.29, 0.717) is 24.6 Å². The quantitative estimate of drug-likeness (QED) is 0.411. The fraction of sp³-hybridized carbons (Fsp3) is 0.471. The van der Waals surface area contributed by atoms with E-state index in [2.05, 4.69) is 30.4 Å². The molecule has 0 unspecified atom stereocenters. The Bertz CT molecular complexity index is 715. The van der Waals surface area contributed by atoms with Crippen molar-refractivity contribution in [1.29, 1.82) is 0 Å². The summed E-state index contributed by atoms with van der Waals surface area (Å²) in [5.74, 6) is 2.39. The highest BCUT2D eigenvalue weighted by Crippen LogP contribution is 2.14. The second-order valence-corrected chi connectivity index (χ2v) is 5.78. The monoisotopic (exact) mass is 458 g/mol. The number of hydrogen-bond acceptors (Lipinski definition) is 3. The maximum atomic E-state index is 13.7.